The molecule has 1 aliphatic carbocycles. The SMILES string of the molecule is Cc1ccc(S(=O)(=O)[C@@]2(c3ccc(C(F)(C(F)(F)F)C(F)(F)F)cc3)CCN(C(=O)C3CCC(C(=O)O)CC3)C2)cc1F. The minimum Gasteiger partial charge on any atom is -0.481 e. The van der Waals surface area contributed by atoms with Crippen molar-refractivity contribution in [3.63, 3.8) is 0 Å². The van der Waals surface area contributed by atoms with Crippen molar-refractivity contribution in [3.8, 4) is 0 Å². The van der Waals surface area contributed by atoms with Gasteiger partial charge >= 0.3 is 24.0 Å². The summed E-state index contributed by atoms with van der Waals surface area (Å²) in [6.45, 7) is 0.631. The fourth-order valence-corrected chi connectivity index (χ4v) is 7.97. The van der Waals surface area contributed by atoms with Gasteiger partial charge in [-0.05, 0) is 62.3 Å². The number of aryl methyl sites for hydroxylation is 1. The number of hydrogen-bond acceptors (Lipinski definition) is 4. The molecule has 1 atom stereocenters. The first-order valence-electron chi connectivity index (χ1n) is 13.2. The summed E-state index contributed by atoms with van der Waals surface area (Å²) in [5.74, 6) is -3.62. The second-order valence-corrected chi connectivity index (χ2v) is 13.3. The zero-order valence-corrected chi connectivity index (χ0v) is 23.4. The summed E-state index contributed by atoms with van der Waals surface area (Å²) in [5, 5.41) is 9.23. The highest BCUT2D eigenvalue weighted by Gasteiger charge is 2.73. The zero-order chi connectivity index (χ0) is 32.2. The van der Waals surface area contributed by atoms with E-state index in [1.54, 1.807) is 0 Å². The van der Waals surface area contributed by atoms with Gasteiger partial charge in [0.1, 0.15) is 10.6 Å². The number of likely N-dealkylation sites (tertiary alicyclic amines) is 1. The summed E-state index contributed by atoms with van der Waals surface area (Å²) in [5.41, 5.74) is -7.76. The molecule has 236 valence electrons. The molecule has 1 saturated heterocycles. The monoisotopic (exact) mass is 641 g/mol. The molecule has 0 radical (unpaired) electrons. The largest absolute Gasteiger partial charge is 0.481 e. The molecule has 2 aromatic rings. The van der Waals surface area contributed by atoms with Gasteiger partial charge in [-0.1, -0.05) is 30.3 Å². The minimum atomic E-state index is -6.38. The fraction of sp³-hybridized carbons (Fsp3) is 0.500. The second kappa shape index (κ2) is 11.0. The quantitative estimate of drug-likeness (QED) is 0.379. The maximum Gasteiger partial charge on any atom is 0.435 e. The molecule has 1 heterocycles. The van der Waals surface area contributed by atoms with Crippen LogP contribution in [0.4, 0.5) is 35.1 Å². The third-order valence-corrected chi connectivity index (χ3v) is 11.0. The van der Waals surface area contributed by atoms with Gasteiger partial charge in [0.2, 0.25) is 5.91 Å². The van der Waals surface area contributed by atoms with Gasteiger partial charge in [-0.3, -0.25) is 9.59 Å². The normalized spacial score (nSPS) is 23.8. The molecule has 0 aromatic heterocycles. The highest BCUT2D eigenvalue weighted by Crippen LogP contribution is 2.54. The van der Waals surface area contributed by atoms with Crippen molar-refractivity contribution in [3.05, 3.63) is 65.0 Å². The summed E-state index contributed by atoms with van der Waals surface area (Å²) in [4.78, 5) is 25.3. The number of sulfone groups is 1. The topological polar surface area (TPSA) is 91.8 Å². The molecular weight excluding hydrogens is 614 g/mol. The van der Waals surface area contributed by atoms with Crippen LogP contribution in [0.5, 0.6) is 0 Å². The van der Waals surface area contributed by atoms with E-state index in [4.69, 9.17) is 0 Å². The molecule has 6 nitrogen and oxygen atoms in total. The minimum absolute atomic E-state index is 0.108. The lowest BCUT2D eigenvalue weighted by molar-refractivity contribution is -0.348. The zero-order valence-electron chi connectivity index (χ0n) is 22.6. The molecule has 1 saturated carbocycles. The van der Waals surface area contributed by atoms with E-state index < -0.39 is 79.1 Å². The number of carboxylic acid groups (broad SMARTS) is 1. The first kappa shape index (κ1) is 32.7. The van der Waals surface area contributed by atoms with Crippen molar-refractivity contribution >= 4 is 21.7 Å². The lowest BCUT2D eigenvalue weighted by atomic mass is 9.81. The Morgan fingerprint density at radius 1 is 0.884 bits per heavy atom. The maximum absolute atomic E-state index is 14.7. The van der Waals surface area contributed by atoms with E-state index in [2.05, 4.69) is 0 Å². The molecular formula is C28H27F8NO5S. The summed E-state index contributed by atoms with van der Waals surface area (Å²) in [7, 11) is -4.66. The predicted octanol–water partition coefficient (Wildman–Crippen LogP) is 6.22. The van der Waals surface area contributed by atoms with E-state index in [0.29, 0.717) is 12.1 Å². The van der Waals surface area contributed by atoms with E-state index in [9.17, 15) is 58.2 Å². The van der Waals surface area contributed by atoms with Gasteiger partial charge in [0.05, 0.1) is 10.8 Å². The molecule has 0 bridgehead atoms. The number of amides is 1. The van der Waals surface area contributed by atoms with Crippen LogP contribution in [0.1, 0.15) is 48.8 Å². The Labute approximate surface area is 241 Å². The van der Waals surface area contributed by atoms with Gasteiger partial charge in [0, 0.05) is 24.6 Å². The van der Waals surface area contributed by atoms with E-state index >= 15 is 0 Å². The van der Waals surface area contributed by atoms with Crippen molar-refractivity contribution in [1.29, 1.82) is 0 Å². The highest BCUT2D eigenvalue weighted by molar-refractivity contribution is 7.92. The van der Waals surface area contributed by atoms with Crippen molar-refractivity contribution in [2.24, 2.45) is 11.8 Å². The first-order valence-corrected chi connectivity index (χ1v) is 14.7. The number of carbonyl (C=O) groups is 2. The molecule has 1 aliphatic heterocycles. The van der Waals surface area contributed by atoms with Crippen LogP contribution in [0.15, 0.2) is 47.4 Å². The second-order valence-electron chi connectivity index (χ2n) is 11.0. The van der Waals surface area contributed by atoms with Gasteiger partial charge < -0.3 is 10.0 Å². The molecule has 2 aliphatic rings. The van der Waals surface area contributed by atoms with E-state index in [0.717, 1.165) is 12.1 Å². The highest BCUT2D eigenvalue weighted by atomic mass is 32.2. The molecule has 1 N–H and O–H groups in total. The van der Waals surface area contributed by atoms with Gasteiger partial charge in [0.15, 0.2) is 9.84 Å². The third-order valence-electron chi connectivity index (χ3n) is 8.53. The number of carboxylic acids is 1. The number of alkyl halides is 7. The maximum atomic E-state index is 14.7. The number of rotatable bonds is 6. The molecule has 15 heteroatoms. The van der Waals surface area contributed by atoms with Crippen LogP contribution < -0.4 is 0 Å². The Kier molecular flexibility index (Phi) is 8.39. The van der Waals surface area contributed by atoms with Crippen molar-refractivity contribution < 1.29 is 58.2 Å². The predicted molar refractivity (Wildman–Crippen MR) is 136 cm³/mol. The molecule has 1 amide bonds. The Balaban J connectivity index is 1.77. The van der Waals surface area contributed by atoms with Crippen LogP contribution in [0.3, 0.4) is 0 Å². The number of benzene rings is 2. The van der Waals surface area contributed by atoms with Gasteiger partial charge in [-0.2, -0.15) is 26.3 Å². The molecule has 2 fully saturated rings. The summed E-state index contributed by atoms with van der Waals surface area (Å²) >= 11 is 0. The van der Waals surface area contributed by atoms with Crippen molar-refractivity contribution in [2.75, 3.05) is 13.1 Å². The summed E-state index contributed by atoms with van der Waals surface area (Å²) in [6.07, 6.45) is -12.2. The smallest absolute Gasteiger partial charge is 0.435 e. The Hall–Kier alpha value is -3.23. The van der Waals surface area contributed by atoms with Gasteiger partial charge in [-0.25, -0.2) is 17.2 Å². The number of carbonyl (C=O) groups excluding carboxylic acids is 1. The van der Waals surface area contributed by atoms with Gasteiger partial charge in [-0.15, -0.1) is 0 Å². The van der Waals surface area contributed by atoms with Crippen molar-refractivity contribution in [1.82, 2.24) is 4.90 Å². The van der Waals surface area contributed by atoms with Crippen LogP contribution in [0, 0.1) is 24.6 Å². The fourth-order valence-electron chi connectivity index (χ4n) is 5.88. The molecule has 43 heavy (non-hydrogen) atoms. The number of nitrogens with zero attached hydrogens (tertiary/aromatic N) is 1. The molecule has 0 unspecified atom stereocenters. The Morgan fingerprint density at radius 3 is 1.91 bits per heavy atom. The average molecular weight is 642 g/mol. The molecule has 4 rings (SSSR count). The van der Waals surface area contributed by atoms with Crippen LogP contribution in [0.25, 0.3) is 0 Å². The first-order chi connectivity index (χ1) is 19.8. The Bertz CT molecular complexity index is 1480. The average Bonchev–Trinajstić information content (AvgIpc) is 3.40. The van der Waals surface area contributed by atoms with Crippen LogP contribution in [0.2, 0.25) is 0 Å². The lowest BCUT2D eigenvalue weighted by Crippen LogP contribution is -2.50. The summed E-state index contributed by atoms with van der Waals surface area (Å²) < 4.78 is 135. The third kappa shape index (κ3) is 5.48. The van der Waals surface area contributed by atoms with Crippen LogP contribution in [-0.4, -0.2) is 55.7 Å². The molecule has 2 aromatic carbocycles. The standard InChI is InChI=1S/C28H27F8NO5S/c1-16-2-11-21(14-22(16)29)43(41,42)25(12-13-37(15-25)23(38)17-3-5-18(6-4-17)24(39)40)19-7-9-20(10-8-19)26(30,27(31,32)33)28(34,35)36/h2,7-11,14,17-18H,3-6,12-13,15H2,1H3,(H,39,40)/t17?,18?,25-/m0/s1. The van der Waals surface area contributed by atoms with Gasteiger partial charge in [0.25, 0.3) is 0 Å². The lowest BCUT2D eigenvalue weighted by Gasteiger charge is -2.33. The van der Waals surface area contributed by atoms with Crippen LogP contribution >= 0.6 is 0 Å². The van der Waals surface area contributed by atoms with E-state index in [-0.39, 0.29) is 61.9 Å². The number of aliphatic carboxylic acids is 1. The van der Waals surface area contributed by atoms with E-state index in [1.165, 1.54) is 17.9 Å². The van der Waals surface area contributed by atoms with Crippen LogP contribution in [-0.2, 0) is 29.8 Å². The Morgan fingerprint density at radius 2 is 1.42 bits per heavy atom. The number of halogens is 8. The number of hydrogen-bond donors (Lipinski definition) is 1. The van der Waals surface area contributed by atoms with E-state index in [1.807, 2.05) is 0 Å². The molecule has 0 spiro atoms. The van der Waals surface area contributed by atoms with Crippen molar-refractivity contribution in [2.45, 2.75) is 66.7 Å². The summed E-state index contributed by atoms with van der Waals surface area (Å²) in [6, 6.07) is 4.73.